The van der Waals surface area contributed by atoms with E-state index in [1.54, 1.807) is 10.9 Å². The summed E-state index contributed by atoms with van der Waals surface area (Å²) in [7, 11) is 1.84. The largest absolute Gasteiger partial charge is 0.381 e. The molecule has 1 aromatic carbocycles. The summed E-state index contributed by atoms with van der Waals surface area (Å²) >= 11 is 0. The quantitative estimate of drug-likeness (QED) is 0.793. The molecule has 3 aromatic rings. The smallest absolute Gasteiger partial charge is 0.228 e. The molecule has 7 nitrogen and oxygen atoms in total. The first-order valence-electron chi connectivity index (χ1n) is 8.34. The van der Waals surface area contributed by atoms with Crippen LogP contribution in [-0.2, 0) is 16.6 Å². The van der Waals surface area contributed by atoms with Crippen molar-refractivity contribution in [3.05, 3.63) is 36.7 Å². The molecule has 0 unspecified atom stereocenters. The molecule has 1 fully saturated rings. The Labute approximate surface area is 145 Å². The second-order valence-electron chi connectivity index (χ2n) is 6.28. The number of anilines is 1. The van der Waals surface area contributed by atoms with Crippen LogP contribution >= 0.6 is 0 Å². The molecule has 128 valence electrons. The van der Waals surface area contributed by atoms with Gasteiger partial charge in [0, 0.05) is 43.3 Å². The minimum Gasteiger partial charge on any atom is -0.381 e. The Balaban J connectivity index is 1.59. The SMILES string of the molecule is Cn1cc(-c2ccc3cnc(NC(=O)C4CCOCC4)cc3c2)nn1. The average molecular weight is 337 g/mol. The number of hydrogen-bond acceptors (Lipinski definition) is 5. The van der Waals surface area contributed by atoms with Gasteiger partial charge in [-0.2, -0.15) is 0 Å². The second-order valence-corrected chi connectivity index (χ2v) is 6.28. The molecule has 7 heteroatoms. The fourth-order valence-electron chi connectivity index (χ4n) is 3.04. The van der Waals surface area contributed by atoms with E-state index in [2.05, 4.69) is 20.6 Å². The normalized spacial score (nSPS) is 15.4. The number of carbonyl (C=O) groups excluding carboxylic acids is 1. The van der Waals surface area contributed by atoms with Crippen molar-refractivity contribution in [1.29, 1.82) is 0 Å². The third-order valence-electron chi connectivity index (χ3n) is 4.46. The lowest BCUT2D eigenvalue weighted by Crippen LogP contribution is -2.28. The van der Waals surface area contributed by atoms with Gasteiger partial charge < -0.3 is 10.1 Å². The monoisotopic (exact) mass is 337 g/mol. The van der Waals surface area contributed by atoms with Crippen molar-refractivity contribution in [3.63, 3.8) is 0 Å². The van der Waals surface area contributed by atoms with Gasteiger partial charge in [-0.25, -0.2) is 4.98 Å². The van der Waals surface area contributed by atoms with E-state index < -0.39 is 0 Å². The highest BCUT2D eigenvalue weighted by Gasteiger charge is 2.21. The van der Waals surface area contributed by atoms with Crippen LogP contribution in [0.3, 0.4) is 0 Å². The Morgan fingerprint density at radius 2 is 2.08 bits per heavy atom. The molecule has 1 saturated heterocycles. The summed E-state index contributed by atoms with van der Waals surface area (Å²) in [5.41, 5.74) is 1.79. The number of carbonyl (C=O) groups is 1. The maximum absolute atomic E-state index is 12.4. The van der Waals surface area contributed by atoms with E-state index in [4.69, 9.17) is 4.74 Å². The van der Waals surface area contributed by atoms with Crippen molar-refractivity contribution in [2.75, 3.05) is 18.5 Å². The maximum Gasteiger partial charge on any atom is 0.228 e. The third-order valence-corrected chi connectivity index (χ3v) is 4.46. The molecule has 0 saturated carbocycles. The van der Waals surface area contributed by atoms with E-state index >= 15 is 0 Å². The van der Waals surface area contributed by atoms with E-state index in [9.17, 15) is 4.79 Å². The highest BCUT2D eigenvalue weighted by Crippen LogP contribution is 2.24. The Kier molecular flexibility index (Phi) is 4.15. The molecule has 25 heavy (non-hydrogen) atoms. The van der Waals surface area contributed by atoms with Crippen LogP contribution < -0.4 is 5.32 Å². The van der Waals surface area contributed by atoms with Gasteiger partial charge in [-0.05, 0) is 30.4 Å². The molecule has 1 aliphatic rings. The van der Waals surface area contributed by atoms with Crippen LogP contribution in [0.2, 0.25) is 0 Å². The van der Waals surface area contributed by atoms with Gasteiger partial charge in [-0.15, -0.1) is 5.10 Å². The highest BCUT2D eigenvalue weighted by molar-refractivity contribution is 5.94. The van der Waals surface area contributed by atoms with Gasteiger partial charge >= 0.3 is 0 Å². The molecule has 0 bridgehead atoms. The summed E-state index contributed by atoms with van der Waals surface area (Å²) < 4.78 is 6.98. The van der Waals surface area contributed by atoms with Crippen molar-refractivity contribution in [2.45, 2.75) is 12.8 Å². The number of amides is 1. The third kappa shape index (κ3) is 3.36. The second kappa shape index (κ2) is 6.60. The summed E-state index contributed by atoms with van der Waals surface area (Å²) in [6.45, 7) is 1.29. The Morgan fingerprint density at radius 3 is 2.84 bits per heavy atom. The topological polar surface area (TPSA) is 81.9 Å². The van der Waals surface area contributed by atoms with Crippen molar-refractivity contribution in [3.8, 4) is 11.3 Å². The first kappa shape index (κ1) is 15.7. The van der Waals surface area contributed by atoms with Crippen LogP contribution in [0.15, 0.2) is 36.7 Å². The number of aromatic nitrogens is 4. The standard InChI is InChI=1S/C18H19N5O2/c1-23-11-16(21-22-23)13-2-3-14-10-19-17(9-15(14)8-13)20-18(24)12-4-6-25-7-5-12/h2-3,8-12H,4-7H2,1H3,(H,19,20,24). The van der Waals surface area contributed by atoms with E-state index in [1.165, 1.54) is 0 Å². The first-order valence-corrected chi connectivity index (χ1v) is 8.34. The van der Waals surface area contributed by atoms with Crippen LogP contribution in [0.5, 0.6) is 0 Å². The van der Waals surface area contributed by atoms with Crippen molar-refractivity contribution in [2.24, 2.45) is 13.0 Å². The maximum atomic E-state index is 12.4. The summed E-state index contributed by atoms with van der Waals surface area (Å²) in [6.07, 6.45) is 5.16. The molecule has 4 rings (SSSR count). The summed E-state index contributed by atoms with van der Waals surface area (Å²) in [4.78, 5) is 16.7. The van der Waals surface area contributed by atoms with Gasteiger partial charge in [0.25, 0.3) is 0 Å². The summed E-state index contributed by atoms with van der Waals surface area (Å²) in [5, 5.41) is 13.1. The highest BCUT2D eigenvalue weighted by atomic mass is 16.5. The molecule has 0 spiro atoms. The number of nitrogens with zero attached hydrogens (tertiary/aromatic N) is 4. The van der Waals surface area contributed by atoms with Crippen LogP contribution in [0.4, 0.5) is 5.82 Å². The molecule has 1 aliphatic heterocycles. The molecular weight excluding hydrogens is 318 g/mol. The summed E-state index contributed by atoms with van der Waals surface area (Å²) in [5.74, 6) is 0.581. The molecule has 3 heterocycles. The van der Waals surface area contributed by atoms with Crippen LogP contribution in [-0.4, -0.2) is 39.1 Å². The number of rotatable bonds is 3. The molecule has 1 amide bonds. The average Bonchev–Trinajstić information content (AvgIpc) is 3.08. The van der Waals surface area contributed by atoms with Gasteiger partial charge in [0.2, 0.25) is 5.91 Å². The number of hydrogen-bond donors (Lipinski definition) is 1. The summed E-state index contributed by atoms with van der Waals surface area (Å²) in [6, 6.07) is 7.92. The number of benzene rings is 1. The fourth-order valence-corrected chi connectivity index (χ4v) is 3.04. The fraction of sp³-hybridized carbons (Fsp3) is 0.333. The first-order chi connectivity index (χ1) is 12.2. The Bertz CT molecular complexity index is 915. The zero-order valence-electron chi connectivity index (χ0n) is 14.0. The van der Waals surface area contributed by atoms with Crippen LogP contribution in [0.25, 0.3) is 22.0 Å². The number of fused-ring (bicyclic) bond motifs is 1. The molecule has 0 radical (unpaired) electrons. The lowest BCUT2D eigenvalue weighted by Gasteiger charge is -2.21. The van der Waals surface area contributed by atoms with Crippen LogP contribution in [0.1, 0.15) is 12.8 Å². The van der Waals surface area contributed by atoms with Crippen molar-refractivity contribution < 1.29 is 9.53 Å². The zero-order valence-corrected chi connectivity index (χ0v) is 14.0. The number of nitrogens with one attached hydrogen (secondary N) is 1. The van der Waals surface area contributed by atoms with Gasteiger partial charge in [-0.3, -0.25) is 9.48 Å². The van der Waals surface area contributed by atoms with E-state index in [0.717, 1.165) is 34.9 Å². The Morgan fingerprint density at radius 1 is 1.24 bits per heavy atom. The lowest BCUT2D eigenvalue weighted by molar-refractivity contribution is -0.122. The predicted octanol–water partition coefficient (Wildman–Crippen LogP) is 2.40. The predicted molar refractivity (Wildman–Crippen MR) is 93.9 cm³/mol. The molecule has 0 aliphatic carbocycles. The van der Waals surface area contributed by atoms with E-state index in [0.29, 0.717) is 19.0 Å². The van der Waals surface area contributed by atoms with Gasteiger partial charge in [0.15, 0.2) is 0 Å². The van der Waals surface area contributed by atoms with E-state index in [-0.39, 0.29) is 11.8 Å². The van der Waals surface area contributed by atoms with Crippen LogP contribution in [0, 0.1) is 5.92 Å². The van der Waals surface area contributed by atoms with Gasteiger partial charge in [0.05, 0.1) is 6.20 Å². The minimum absolute atomic E-state index is 0.00262. The van der Waals surface area contributed by atoms with Crippen molar-refractivity contribution in [1.82, 2.24) is 20.0 Å². The molecular formula is C18H19N5O2. The minimum atomic E-state index is -0.00262. The number of ether oxygens (including phenoxy) is 1. The number of pyridine rings is 1. The Hall–Kier alpha value is -2.80. The molecule has 1 N–H and O–H groups in total. The van der Waals surface area contributed by atoms with Crippen molar-refractivity contribution >= 4 is 22.5 Å². The number of aryl methyl sites for hydroxylation is 1. The molecule has 0 atom stereocenters. The van der Waals surface area contributed by atoms with E-state index in [1.807, 2.05) is 37.5 Å². The zero-order chi connectivity index (χ0) is 17.2. The lowest BCUT2D eigenvalue weighted by atomic mass is 9.99. The van der Waals surface area contributed by atoms with Gasteiger partial charge in [-0.1, -0.05) is 17.3 Å². The molecule has 2 aromatic heterocycles. The van der Waals surface area contributed by atoms with Gasteiger partial charge in [0.1, 0.15) is 11.5 Å².